The summed E-state index contributed by atoms with van der Waals surface area (Å²) >= 11 is 0. The zero-order chi connectivity index (χ0) is 17.4. The van der Waals surface area contributed by atoms with Crippen molar-refractivity contribution in [1.29, 1.82) is 10.5 Å². The van der Waals surface area contributed by atoms with Crippen LogP contribution in [0.2, 0.25) is 0 Å². The average Bonchev–Trinajstić information content (AvgIpc) is 3.06. The molecule has 0 N–H and O–H groups in total. The third-order valence-electron chi connectivity index (χ3n) is 4.37. The molecular formula is C21H13N3O. The lowest BCUT2D eigenvalue weighted by Gasteiger charge is -2.20. The summed E-state index contributed by atoms with van der Waals surface area (Å²) in [6, 6.07) is 23.3. The minimum atomic E-state index is 0.514. The molecule has 0 spiro atoms. The summed E-state index contributed by atoms with van der Waals surface area (Å²) < 4.78 is 6.07. The molecule has 0 radical (unpaired) electrons. The molecule has 0 saturated carbocycles. The van der Waals surface area contributed by atoms with Crippen LogP contribution >= 0.6 is 0 Å². The fourth-order valence-corrected chi connectivity index (χ4v) is 3.15. The number of hydrogen-bond acceptors (Lipinski definition) is 4. The maximum Gasteiger partial charge on any atom is 0.159 e. The van der Waals surface area contributed by atoms with Crippen molar-refractivity contribution in [2.45, 2.75) is 0 Å². The molecule has 25 heavy (non-hydrogen) atoms. The molecule has 4 aromatic rings. The van der Waals surface area contributed by atoms with E-state index in [1.54, 1.807) is 12.1 Å². The Balaban J connectivity index is 2.00. The highest BCUT2D eigenvalue weighted by molar-refractivity contribution is 6.10. The quantitative estimate of drug-likeness (QED) is 0.515. The van der Waals surface area contributed by atoms with Gasteiger partial charge in [0.25, 0.3) is 0 Å². The normalized spacial score (nSPS) is 10.5. The molecule has 1 heterocycles. The van der Waals surface area contributed by atoms with Gasteiger partial charge in [0.15, 0.2) is 11.2 Å². The molecule has 4 rings (SSSR count). The summed E-state index contributed by atoms with van der Waals surface area (Å²) in [6.07, 6.45) is 0. The standard InChI is InChI=1S/C21H13N3O/c1-24(18-10-3-2-6-14(18)12-22)19-11-5-9-17-16-8-4-7-15(13-23)20(16)25-21(17)19/h2-11H,1H3. The van der Waals surface area contributed by atoms with Crippen LogP contribution in [0.1, 0.15) is 11.1 Å². The van der Waals surface area contributed by atoms with E-state index in [0.717, 1.165) is 22.1 Å². The van der Waals surface area contributed by atoms with Crippen molar-refractivity contribution in [2.24, 2.45) is 0 Å². The minimum absolute atomic E-state index is 0.514. The first kappa shape index (κ1) is 14.8. The second kappa shape index (κ2) is 5.70. The second-order valence-electron chi connectivity index (χ2n) is 5.74. The van der Waals surface area contributed by atoms with Crippen LogP contribution in [-0.2, 0) is 0 Å². The van der Waals surface area contributed by atoms with Crippen LogP contribution in [0.15, 0.2) is 65.1 Å². The highest BCUT2D eigenvalue weighted by Crippen LogP contribution is 2.38. The molecule has 0 aliphatic rings. The third-order valence-corrected chi connectivity index (χ3v) is 4.37. The maximum atomic E-state index is 9.37. The van der Waals surface area contributed by atoms with Crippen LogP contribution in [-0.4, -0.2) is 7.05 Å². The van der Waals surface area contributed by atoms with Crippen molar-refractivity contribution in [1.82, 2.24) is 0 Å². The van der Waals surface area contributed by atoms with E-state index < -0.39 is 0 Å². The summed E-state index contributed by atoms with van der Waals surface area (Å²) in [4.78, 5) is 1.94. The van der Waals surface area contributed by atoms with E-state index in [4.69, 9.17) is 4.42 Å². The number of hydrogen-bond donors (Lipinski definition) is 0. The van der Waals surface area contributed by atoms with Gasteiger partial charge < -0.3 is 9.32 Å². The first-order chi connectivity index (χ1) is 12.2. The molecule has 0 aliphatic heterocycles. The molecule has 4 heteroatoms. The van der Waals surface area contributed by atoms with Crippen LogP contribution in [0.4, 0.5) is 11.4 Å². The number of benzene rings is 3. The van der Waals surface area contributed by atoms with Crippen LogP contribution in [0, 0.1) is 22.7 Å². The number of nitrogens with zero attached hydrogens (tertiary/aromatic N) is 3. The number of fused-ring (bicyclic) bond motifs is 3. The summed E-state index contributed by atoms with van der Waals surface area (Å²) in [5.41, 5.74) is 4.05. The van der Waals surface area contributed by atoms with Crippen molar-refractivity contribution >= 4 is 33.3 Å². The largest absolute Gasteiger partial charge is 0.452 e. The Kier molecular flexibility index (Phi) is 3.38. The Morgan fingerprint density at radius 1 is 0.720 bits per heavy atom. The minimum Gasteiger partial charge on any atom is -0.452 e. The number of anilines is 2. The lowest BCUT2D eigenvalue weighted by atomic mass is 10.1. The summed E-state index contributed by atoms with van der Waals surface area (Å²) in [5, 5.41) is 20.6. The van der Waals surface area contributed by atoms with Crippen LogP contribution in [0.25, 0.3) is 21.9 Å². The predicted molar refractivity (Wildman–Crippen MR) is 97.7 cm³/mol. The van der Waals surface area contributed by atoms with Gasteiger partial charge in [0.2, 0.25) is 0 Å². The Hall–Kier alpha value is -3.76. The zero-order valence-corrected chi connectivity index (χ0v) is 13.5. The number of nitriles is 2. The molecular weight excluding hydrogens is 310 g/mol. The summed E-state index contributed by atoms with van der Waals surface area (Å²) in [7, 11) is 1.91. The Bertz CT molecular complexity index is 1190. The van der Waals surface area contributed by atoms with Gasteiger partial charge in [-0.1, -0.05) is 36.4 Å². The van der Waals surface area contributed by atoms with E-state index in [9.17, 15) is 10.5 Å². The lowest BCUT2D eigenvalue weighted by molar-refractivity contribution is 0.667. The SMILES string of the molecule is CN(c1ccccc1C#N)c1cccc2c1oc1c(C#N)cccc12. The number of furan rings is 1. The molecule has 0 amide bonds. The monoisotopic (exact) mass is 323 g/mol. The van der Waals surface area contributed by atoms with Gasteiger partial charge in [-0.2, -0.15) is 10.5 Å². The topological polar surface area (TPSA) is 64.0 Å². The highest BCUT2D eigenvalue weighted by Gasteiger charge is 2.17. The van der Waals surface area contributed by atoms with Gasteiger partial charge in [0.05, 0.1) is 22.5 Å². The maximum absolute atomic E-state index is 9.37. The van der Waals surface area contributed by atoms with Gasteiger partial charge in [-0.05, 0) is 24.3 Å². The van der Waals surface area contributed by atoms with E-state index in [0.29, 0.717) is 22.3 Å². The second-order valence-corrected chi connectivity index (χ2v) is 5.74. The van der Waals surface area contributed by atoms with E-state index in [2.05, 4.69) is 12.1 Å². The molecule has 0 atom stereocenters. The smallest absolute Gasteiger partial charge is 0.159 e. The molecule has 0 aliphatic carbocycles. The van der Waals surface area contributed by atoms with E-state index in [1.165, 1.54) is 0 Å². The van der Waals surface area contributed by atoms with E-state index in [1.807, 2.05) is 60.5 Å². The fourth-order valence-electron chi connectivity index (χ4n) is 3.15. The van der Waals surface area contributed by atoms with Gasteiger partial charge in [0.1, 0.15) is 12.1 Å². The molecule has 118 valence electrons. The highest BCUT2D eigenvalue weighted by atomic mass is 16.3. The van der Waals surface area contributed by atoms with Crippen LogP contribution in [0.5, 0.6) is 0 Å². The molecule has 1 aromatic heterocycles. The van der Waals surface area contributed by atoms with Crippen molar-refractivity contribution in [3.63, 3.8) is 0 Å². The van der Waals surface area contributed by atoms with Crippen molar-refractivity contribution < 1.29 is 4.42 Å². The summed E-state index contributed by atoms with van der Waals surface area (Å²) in [6.45, 7) is 0. The average molecular weight is 323 g/mol. The Morgan fingerprint density at radius 2 is 1.32 bits per heavy atom. The third kappa shape index (κ3) is 2.21. The van der Waals surface area contributed by atoms with Gasteiger partial charge in [-0.15, -0.1) is 0 Å². The Labute approximate surface area is 144 Å². The van der Waals surface area contributed by atoms with Crippen LogP contribution in [0.3, 0.4) is 0 Å². The number of para-hydroxylation sites is 3. The fraction of sp³-hybridized carbons (Fsp3) is 0.0476. The number of rotatable bonds is 2. The Morgan fingerprint density at radius 3 is 2.08 bits per heavy atom. The van der Waals surface area contributed by atoms with Gasteiger partial charge in [-0.3, -0.25) is 0 Å². The first-order valence-corrected chi connectivity index (χ1v) is 7.82. The van der Waals surface area contributed by atoms with Crippen molar-refractivity contribution in [2.75, 3.05) is 11.9 Å². The molecule has 0 fully saturated rings. The van der Waals surface area contributed by atoms with E-state index in [-0.39, 0.29) is 0 Å². The zero-order valence-electron chi connectivity index (χ0n) is 13.5. The van der Waals surface area contributed by atoms with Crippen molar-refractivity contribution in [3.05, 3.63) is 71.8 Å². The van der Waals surface area contributed by atoms with Gasteiger partial charge in [-0.25, -0.2) is 0 Å². The lowest BCUT2D eigenvalue weighted by Crippen LogP contribution is -2.11. The van der Waals surface area contributed by atoms with Gasteiger partial charge >= 0.3 is 0 Å². The first-order valence-electron chi connectivity index (χ1n) is 7.82. The summed E-state index contributed by atoms with van der Waals surface area (Å²) in [5.74, 6) is 0. The molecule has 0 unspecified atom stereocenters. The molecule has 4 nitrogen and oxygen atoms in total. The predicted octanol–water partition coefficient (Wildman–Crippen LogP) is 5.10. The molecule has 0 saturated heterocycles. The van der Waals surface area contributed by atoms with Crippen LogP contribution < -0.4 is 4.90 Å². The molecule has 0 bridgehead atoms. The van der Waals surface area contributed by atoms with Crippen molar-refractivity contribution in [3.8, 4) is 12.1 Å². The molecule has 3 aromatic carbocycles. The van der Waals surface area contributed by atoms with Gasteiger partial charge in [0, 0.05) is 17.8 Å². The van der Waals surface area contributed by atoms with E-state index >= 15 is 0 Å².